The number of carbonyl (C=O) groups is 3. The van der Waals surface area contributed by atoms with E-state index in [0.29, 0.717) is 56.7 Å². The van der Waals surface area contributed by atoms with Gasteiger partial charge in [0.25, 0.3) is 5.91 Å². The van der Waals surface area contributed by atoms with Crippen LogP contribution in [0.1, 0.15) is 43.0 Å². The third-order valence-electron chi connectivity index (χ3n) is 5.09. The number of amides is 2. The second-order valence-electron chi connectivity index (χ2n) is 7.52. The van der Waals surface area contributed by atoms with Gasteiger partial charge in [0.15, 0.2) is 0 Å². The molecule has 7 nitrogen and oxygen atoms in total. The molecule has 1 aliphatic heterocycles. The number of benzene rings is 2. The molecule has 1 saturated heterocycles. The number of esters is 1. The monoisotopic (exact) mass is 424 g/mol. The second-order valence-corrected chi connectivity index (χ2v) is 7.52. The predicted molar refractivity (Wildman–Crippen MR) is 116 cm³/mol. The van der Waals surface area contributed by atoms with E-state index < -0.39 is 5.97 Å². The van der Waals surface area contributed by atoms with Crippen LogP contribution in [-0.4, -0.2) is 48.4 Å². The summed E-state index contributed by atoms with van der Waals surface area (Å²) < 4.78 is 10.7. The van der Waals surface area contributed by atoms with Crippen LogP contribution in [0.5, 0.6) is 11.5 Å². The molecule has 2 aromatic rings. The van der Waals surface area contributed by atoms with Gasteiger partial charge in [-0.05, 0) is 49.6 Å². The van der Waals surface area contributed by atoms with Gasteiger partial charge >= 0.3 is 5.97 Å². The molecular formula is C24H28N2O5. The Bertz CT molecular complexity index is 892. The molecule has 0 unspecified atom stereocenters. The Morgan fingerprint density at radius 1 is 1.00 bits per heavy atom. The molecule has 7 heteroatoms. The Morgan fingerprint density at radius 3 is 2.42 bits per heavy atom. The molecule has 0 aliphatic carbocycles. The molecule has 2 aromatic carbocycles. The van der Waals surface area contributed by atoms with E-state index in [1.807, 2.05) is 35.2 Å². The van der Waals surface area contributed by atoms with Crippen molar-refractivity contribution in [3.05, 3.63) is 60.2 Å². The van der Waals surface area contributed by atoms with Crippen molar-refractivity contribution in [2.24, 2.45) is 0 Å². The Hall–Kier alpha value is -3.35. The highest BCUT2D eigenvalue weighted by Gasteiger charge is 2.24. The zero-order valence-corrected chi connectivity index (χ0v) is 17.7. The first kappa shape index (κ1) is 22.3. The maximum Gasteiger partial charge on any atom is 0.308 e. The second kappa shape index (κ2) is 11.2. The first-order valence-electron chi connectivity index (χ1n) is 10.6. The lowest BCUT2D eigenvalue weighted by molar-refractivity contribution is -0.133. The molecule has 1 aliphatic rings. The molecule has 0 bridgehead atoms. The van der Waals surface area contributed by atoms with Gasteiger partial charge in [0, 0.05) is 38.0 Å². The highest BCUT2D eigenvalue weighted by atomic mass is 16.5. The molecule has 1 heterocycles. The van der Waals surface area contributed by atoms with Gasteiger partial charge in [0.1, 0.15) is 11.5 Å². The van der Waals surface area contributed by atoms with E-state index in [0.717, 1.165) is 5.75 Å². The molecule has 1 fully saturated rings. The summed E-state index contributed by atoms with van der Waals surface area (Å²) >= 11 is 0. The lowest BCUT2D eigenvalue weighted by atomic mass is 10.0. The highest BCUT2D eigenvalue weighted by Crippen LogP contribution is 2.16. The third-order valence-corrected chi connectivity index (χ3v) is 5.09. The van der Waals surface area contributed by atoms with Crippen molar-refractivity contribution in [3.63, 3.8) is 0 Å². The number of nitrogens with zero attached hydrogens (tertiary/aromatic N) is 1. The lowest BCUT2D eigenvalue weighted by Crippen LogP contribution is -2.46. The van der Waals surface area contributed by atoms with Crippen LogP contribution in [0.2, 0.25) is 0 Å². The summed E-state index contributed by atoms with van der Waals surface area (Å²) in [6.07, 6.45) is 2.54. The van der Waals surface area contributed by atoms with Crippen molar-refractivity contribution < 1.29 is 23.9 Å². The number of para-hydroxylation sites is 1. The molecular weight excluding hydrogens is 396 g/mol. The van der Waals surface area contributed by atoms with Crippen LogP contribution >= 0.6 is 0 Å². The summed E-state index contributed by atoms with van der Waals surface area (Å²) in [5.74, 6) is 0.635. The summed E-state index contributed by atoms with van der Waals surface area (Å²) in [5.41, 5.74) is 0.440. The largest absolute Gasteiger partial charge is 0.494 e. The fraction of sp³-hybridized carbons (Fsp3) is 0.375. The number of ether oxygens (including phenoxy) is 2. The SMILES string of the molecule is CC(=O)Oc1cccc(C(=O)NC2CCN(C(=O)CCCOc3ccccc3)CC2)c1. The first-order valence-corrected chi connectivity index (χ1v) is 10.6. The zero-order valence-electron chi connectivity index (χ0n) is 17.7. The first-order chi connectivity index (χ1) is 15.0. The quantitative estimate of drug-likeness (QED) is 0.400. The maximum atomic E-state index is 12.5. The normalized spacial score (nSPS) is 14.0. The minimum Gasteiger partial charge on any atom is -0.494 e. The van der Waals surface area contributed by atoms with Crippen molar-refractivity contribution in [1.82, 2.24) is 10.2 Å². The Balaban J connectivity index is 1.37. The summed E-state index contributed by atoms with van der Waals surface area (Å²) in [6, 6.07) is 16.1. The van der Waals surface area contributed by atoms with Crippen molar-refractivity contribution in [2.45, 2.75) is 38.6 Å². The molecule has 0 saturated carbocycles. The molecule has 0 atom stereocenters. The van der Waals surface area contributed by atoms with E-state index >= 15 is 0 Å². The standard InChI is InChI=1S/C24H28N2O5/c1-18(27)31-22-10-5-7-19(17-22)24(29)25-20-12-14-26(15-13-20)23(28)11-6-16-30-21-8-3-2-4-9-21/h2-5,7-10,17,20H,6,11-16H2,1H3,(H,25,29). The van der Waals surface area contributed by atoms with Gasteiger partial charge < -0.3 is 19.7 Å². The van der Waals surface area contributed by atoms with Crippen LogP contribution in [0, 0.1) is 0 Å². The number of hydrogen-bond donors (Lipinski definition) is 1. The molecule has 1 N–H and O–H groups in total. The van der Waals surface area contributed by atoms with E-state index in [-0.39, 0.29) is 17.9 Å². The molecule has 164 valence electrons. The van der Waals surface area contributed by atoms with E-state index in [2.05, 4.69) is 5.32 Å². The maximum absolute atomic E-state index is 12.5. The Kier molecular flexibility index (Phi) is 8.04. The number of likely N-dealkylation sites (tertiary alicyclic amines) is 1. The van der Waals surface area contributed by atoms with Crippen molar-refractivity contribution in [1.29, 1.82) is 0 Å². The minimum absolute atomic E-state index is 0.00958. The van der Waals surface area contributed by atoms with Gasteiger partial charge in [-0.3, -0.25) is 14.4 Å². The van der Waals surface area contributed by atoms with Gasteiger partial charge in [0.2, 0.25) is 5.91 Å². The van der Waals surface area contributed by atoms with Gasteiger partial charge in [-0.1, -0.05) is 24.3 Å². The number of nitrogens with one attached hydrogen (secondary N) is 1. The lowest BCUT2D eigenvalue weighted by Gasteiger charge is -2.32. The fourth-order valence-corrected chi connectivity index (χ4v) is 3.50. The third kappa shape index (κ3) is 7.13. The molecule has 0 radical (unpaired) electrons. The average Bonchev–Trinajstić information content (AvgIpc) is 2.77. The van der Waals surface area contributed by atoms with Gasteiger partial charge in [-0.15, -0.1) is 0 Å². The number of piperidine rings is 1. The zero-order chi connectivity index (χ0) is 22.1. The fourth-order valence-electron chi connectivity index (χ4n) is 3.50. The smallest absolute Gasteiger partial charge is 0.308 e. The van der Waals surface area contributed by atoms with Crippen LogP contribution in [0.3, 0.4) is 0 Å². The number of hydrogen-bond acceptors (Lipinski definition) is 5. The van der Waals surface area contributed by atoms with Crippen LogP contribution in [0.4, 0.5) is 0 Å². The minimum atomic E-state index is -0.429. The van der Waals surface area contributed by atoms with Crippen molar-refractivity contribution >= 4 is 17.8 Å². The van der Waals surface area contributed by atoms with E-state index in [1.54, 1.807) is 24.3 Å². The highest BCUT2D eigenvalue weighted by molar-refractivity contribution is 5.95. The average molecular weight is 424 g/mol. The van der Waals surface area contributed by atoms with Crippen molar-refractivity contribution in [3.8, 4) is 11.5 Å². The molecule has 31 heavy (non-hydrogen) atoms. The van der Waals surface area contributed by atoms with Crippen LogP contribution in [0.25, 0.3) is 0 Å². The van der Waals surface area contributed by atoms with Crippen molar-refractivity contribution in [2.75, 3.05) is 19.7 Å². The molecule has 3 rings (SSSR count). The van der Waals surface area contributed by atoms with E-state index in [9.17, 15) is 14.4 Å². The number of rotatable bonds is 8. The Morgan fingerprint density at radius 2 is 1.71 bits per heavy atom. The van der Waals surface area contributed by atoms with Gasteiger partial charge in [0.05, 0.1) is 6.61 Å². The van der Waals surface area contributed by atoms with Crippen LogP contribution in [-0.2, 0) is 9.59 Å². The van der Waals surface area contributed by atoms with E-state index in [4.69, 9.17) is 9.47 Å². The topological polar surface area (TPSA) is 84.9 Å². The van der Waals surface area contributed by atoms with Crippen LogP contribution < -0.4 is 14.8 Å². The van der Waals surface area contributed by atoms with Crippen LogP contribution in [0.15, 0.2) is 54.6 Å². The van der Waals surface area contributed by atoms with E-state index in [1.165, 1.54) is 6.92 Å². The summed E-state index contributed by atoms with van der Waals surface area (Å²) in [6.45, 7) is 3.07. The summed E-state index contributed by atoms with van der Waals surface area (Å²) in [4.78, 5) is 37.9. The Labute approximate surface area is 182 Å². The predicted octanol–water partition coefficient (Wildman–Crippen LogP) is 3.19. The van der Waals surface area contributed by atoms with Gasteiger partial charge in [-0.2, -0.15) is 0 Å². The molecule has 0 aromatic heterocycles. The molecule has 2 amide bonds. The summed E-state index contributed by atoms with van der Waals surface area (Å²) in [7, 11) is 0. The number of carbonyl (C=O) groups excluding carboxylic acids is 3. The molecule has 0 spiro atoms. The summed E-state index contributed by atoms with van der Waals surface area (Å²) in [5, 5.41) is 3.01. The van der Waals surface area contributed by atoms with Gasteiger partial charge in [-0.25, -0.2) is 0 Å².